The normalized spacial score (nSPS) is 24.4. The molecule has 0 spiro atoms. The number of rotatable bonds is 3. The Morgan fingerprint density at radius 2 is 2.05 bits per heavy atom. The third-order valence-electron chi connectivity index (χ3n) is 4.22. The molecule has 21 heavy (non-hydrogen) atoms. The zero-order valence-electron chi connectivity index (χ0n) is 13.3. The molecule has 0 saturated heterocycles. The molecule has 0 aromatic heterocycles. The number of nitrogens with one attached hydrogen (secondary N) is 2. The predicted molar refractivity (Wildman–Crippen MR) is 89.0 cm³/mol. The summed E-state index contributed by atoms with van der Waals surface area (Å²) < 4.78 is 0. The van der Waals surface area contributed by atoms with Crippen LogP contribution in [0.5, 0.6) is 0 Å². The van der Waals surface area contributed by atoms with Crippen LogP contribution in [-0.2, 0) is 0 Å². The van der Waals surface area contributed by atoms with Gasteiger partial charge in [-0.3, -0.25) is 4.79 Å². The quantitative estimate of drug-likeness (QED) is 0.873. The van der Waals surface area contributed by atoms with Gasteiger partial charge in [0.25, 0.3) is 5.91 Å². The maximum atomic E-state index is 12.6. The van der Waals surface area contributed by atoms with Crippen LogP contribution in [0.15, 0.2) is 18.2 Å². The summed E-state index contributed by atoms with van der Waals surface area (Å²) in [5.41, 5.74) is 1.71. The van der Waals surface area contributed by atoms with Crippen molar-refractivity contribution >= 4 is 23.2 Å². The van der Waals surface area contributed by atoms with Crippen LogP contribution in [0, 0.1) is 11.3 Å². The SMILES string of the molecule is CNc1ccc(Cl)cc1C(=O)NC1CC(C)CC(C)(C)C1. The Kier molecular flexibility index (Phi) is 4.82. The molecule has 1 aromatic carbocycles. The molecular formula is C17H25ClN2O. The van der Waals surface area contributed by atoms with Crippen molar-refractivity contribution in [3.63, 3.8) is 0 Å². The zero-order valence-corrected chi connectivity index (χ0v) is 14.1. The van der Waals surface area contributed by atoms with Crippen molar-refractivity contribution in [1.82, 2.24) is 5.32 Å². The molecule has 1 amide bonds. The molecule has 0 heterocycles. The minimum Gasteiger partial charge on any atom is -0.387 e. The molecule has 0 bridgehead atoms. The molecule has 116 valence electrons. The van der Waals surface area contributed by atoms with E-state index in [1.807, 2.05) is 13.1 Å². The van der Waals surface area contributed by atoms with Crippen LogP contribution in [0.25, 0.3) is 0 Å². The molecule has 1 saturated carbocycles. The largest absolute Gasteiger partial charge is 0.387 e. The second-order valence-electron chi connectivity index (χ2n) is 7.02. The molecule has 1 aromatic rings. The van der Waals surface area contributed by atoms with Crippen molar-refractivity contribution in [3.05, 3.63) is 28.8 Å². The molecule has 0 aliphatic heterocycles. The van der Waals surface area contributed by atoms with E-state index in [0.717, 1.165) is 18.5 Å². The molecule has 2 rings (SSSR count). The zero-order chi connectivity index (χ0) is 15.6. The maximum absolute atomic E-state index is 12.6. The smallest absolute Gasteiger partial charge is 0.253 e. The van der Waals surface area contributed by atoms with Crippen LogP contribution in [0.1, 0.15) is 50.4 Å². The molecule has 3 nitrogen and oxygen atoms in total. The number of hydrogen-bond donors (Lipinski definition) is 2. The van der Waals surface area contributed by atoms with Gasteiger partial charge in [-0.15, -0.1) is 0 Å². The fourth-order valence-electron chi connectivity index (χ4n) is 3.64. The lowest BCUT2D eigenvalue weighted by atomic mass is 9.70. The molecule has 1 aliphatic rings. The molecule has 0 radical (unpaired) electrons. The summed E-state index contributed by atoms with van der Waals surface area (Å²) in [5, 5.41) is 6.81. The average molecular weight is 309 g/mol. The van der Waals surface area contributed by atoms with Gasteiger partial charge in [-0.2, -0.15) is 0 Å². The topological polar surface area (TPSA) is 41.1 Å². The fourth-order valence-corrected chi connectivity index (χ4v) is 3.81. The number of carbonyl (C=O) groups is 1. The van der Waals surface area contributed by atoms with Gasteiger partial charge in [0.05, 0.1) is 5.56 Å². The lowest BCUT2D eigenvalue weighted by molar-refractivity contribution is 0.0875. The van der Waals surface area contributed by atoms with E-state index in [4.69, 9.17) is 11.6 Å². The van der Waals surface area contributed by atoms with Crippen LogP contribution in [-0.4, -0.2) is 19.0 Å². The van der Waals surface area contributed by atoms with E-state index < -0.39 is 0 Å². The number of halogens is 1. The lowest BCUT2D eigenvalue weighted by Gasteiger charge is -2.39. The summed E-state index contributed by atoms with van der Waals surface area (Å²) in [4.78, 5) is 12.6. The Labute approximate surface area is 132 Å². The molecule has 1 aliphatic carbocycles. The summed E-state index contributed by atoms with van der Waals surface area (Å²) in [7, 11) is 1.81. The van der Waals surface area contributed by atoms with Gasteiger partial charge in [-0.1, -0.05) is 32.4 Å². The van der Waals surface area contributed by atoms with E-state index in [1.54, 1.807) is 12.1 Å². The fraction of sp³-hybridized carbons (Fsp3) is 0.588. The second kappa shape index (κ2) is 6.27. The number of carbonyl (C=O) groups excluding carboxylic acids is 1. The van der Waals surface area contributed by atoms with Crippen molar-refractivity contribution in [2.75, 3.05) is 12.4 Å². The molecule has 2 unspecified atom stereocenters. The van der Waals surface area contributed by atoms with Crippen LogP contribution < -0.4 is 10.6 Å². The van der Waals surface area contributed by atoms with Crippen LogP contribution in [0.3, 0.4) is 0 Å². The molecule has 4 heteroatoms. The Balaban J connectivity index is 2.13. The molecule has 2 N–H and O–H groups in total. The predicted octanol–water partition coefficient (Wildman–Crippen LogP) is 4.33. The molecule has 2 atom stereocenters. The first-order valence-electron chi connectivity index (χ1n) is 7.59. The van der Waals surface area contributed by atoms with Crippen molar-refractivity contribution in [3.8, 4) is 0 Å². The number of anilines is 1. The first-order chi connectivity index (χ1) is 9.80. The minimum absolute atomic E-state index is 0.0447. The highest BCUT2D eigenvalue weighted by Gasteiger charge is 2.33. The first-order valence-corrected chi connectivity index (χ1v) is 7.97. The Bertz CT molecular complexity index is 528. The van der Waals surface area contributed by atoms with Crippen LogP contribution >= 0.6 is 11.6 Å². The van der Waals surface area contributed by atoms with Gasteiger partial charge in [-0.05, 0) is 48.8 Å². The van der Waals surface area contributed by atoms with E-state index >= 15 is 0 Å². The number of amides is 1. The average Bonchev–Trinajstić information content (AvgIpc) is 2.36. The Morgan fingerprint density at radius 3 is 2.67 bits per heavy atom. The van der Waals surface area contributed by atoms with E-state index in [0.29, 0.717) is 16.5 Å². The highest BCUT2D eigenvalue weighted by atomic mass is 35.5. The highest BCUT2D eigenvalue weighted by molar-refractivity contribution is 6.31. The summed E-state index contributed by atoms with van der Waals surface area (Å²) in [6, 6.07) is 5.58. The van der Waals surface area contributed by atoms with Gasteiger partial charge in [-0.25, -0.2) is 0 Å². The lowest BCUT2D eigenvalue weighted by Crippen LogP contribution is -2.43. The number of hydrogen-bond acceptors (Lipinski definition) is 2. The summed E-state index contributed by atoms with van der Waals surface area (Å²) in [5.74, 6) is 0.596. The monoisotopic (exact) mass is 308 g/mol. The second-order valence-corrected chi connectivity index (χ2v) is 7.46. The maximum Gasteiger partial charge on any atom is 0.253 e. The van der Waals surface area contributed by atoms with Gasteiger partial charge in [0.2, 0.25) is 0 Å². The summed E-state index contributed by atoms with van der Waals surface area (Å²) in [6.07, 6.45) is 3.29. The minimum atomic E-state index is -0.0447. The van der Waals surface area contributed by atoms with Gasteiger partial charge in [0.15, 0.2) is 0 Å². The third kappa shape index (κ3) is 4.13. The number of benzene rings is 1. The first kappa shape index (κ1) is 16.2. The van der Waals surface area contributed by atoms with Gasteiger partial charge in [0.1, 0.15) is 0 Å². The van der Waals surface area contributed by atoms with E-state index in [2.05, 4.69) is 31.4 Å². The van der Waals surface area contributed by atoms with Crippen molar-refractivity contribution in [2.24, 2.45) is 11.3 Å². The third-order valence-corrected chi connectivity index (χ3v) is 4.45. The summed E-state index contributed by atoms with van der Waals surface area (Å²) >= 11 is 6.02. The Hall–Kier alpha value is -1.22. The molecule has 1 fully saturated rings. The highest BCUT2D eigenvalue weighted by Crippen LogP contribution is 2.38. The van der Waals surface area contributed by atoms with Crippen molar-refractivity contribution < 1.29 is 4.79 Å². The van der Waals surface area contributed by atoms with Gasteiger partial charge < -0.3 is 10.6 Å². The van der Waals surface area contributed by atoms with Gasteiger partial charge in [0, 0.05) is 23.8 Å². The summed E-state index contributed by atoms with van der Waals surface area (Å²) in [6.45, 7) is 6.82. The van der Waals surface area contributed by atoms with Gasteiger partial charge >= 0.3 is 0 Å². The van der Waals surface area contributed by atoms with E-state index in [1.165, 1.54) is 6.42 Å². The van der Waals surface area contributed by atoms with E-state index in [-0.39, 0.29) is 17.4 Å². The van der Waals surface area contributed by atoms with Crippen LogP contribution in [0.2, 0.25) is 5.02 Å². The standard InChI is InChI=1S/C17H25ClN2O/c1-11-7-13(10-17(2,3)9-11)20-16(21)14-8-12(18)5-6-15(14)19-4/h5-6,8,11,13,19H,7,9-10H2,1-4H3,(H,20,21). The van der Waals surface area contributed by atoms with E-state index in [9.17, 15) is 4.79 Å². The van der Waals surface area contributed by atoms with Crippen molar-refractivity contribution in [1.29, 1.82) is 0 Å². The van der Waals surface area contributed by atoms with Crippen LogP contribution in [0.4, 0.5) is 5.69 Å². The Morgan fingerprint density at radius 1 is 1.33 bits per heavy atom. The molecular weight excluding hydrogens is 284 g/mol. The van der Waals surface area contributed by atoms with Crippen molar-refractivity contribution in [2.45, 2.75) is 46.1 Å².